The molecule has 138 valence electrons. The zero-order valence-electron chi connectivity index (χ0n) is 15.0. The molecule has 2 aromatic rings. The number of ether oxygens (including phenoxy) is 1. The standard InChI is InChI=1S/C19H26N6O/c20-17-18(21-15-22-19(17)25-10-12-26-13-11-25)24-8-6-23(7-9-24)14-16-4-2-1-3-5-16/h1-5,15H,6-14,20H2. The first-order valence-electron chi connectivity index (χ1n) is 9.25. The van der Waals surface area contributed by atoms with Crippen LogP contribution in [0, 0.1) is 0 Å². The summed E-state index contributed by atoms with van der Waals surface area (Å²) in [4.78, 5) is 15.9. The third-order valence-corrected chi connectivity index (χ3v) is 5.07. The minimum Gasteiger partial charge on any atom is -0.393 e. The molecule has 0 radical (unpaired) electrons. The third kappa shape index (κ3) is 3.73. The van der Waals surface area contributed by atoms with E-state index >= 15 is 0 Å². The van der Waals surface area contributed by atoms with E-state index < -0.39 is 0 Å². The van der Waals surface area contributed by atoms with Gasteiger partial charge in [0.2, 0.25) is 0 Å². The molecule has 0 amide bonds. The van der Waals surface area contributed by atoms with Gasteiger partial charge in [-0.1, -0.05) is 30.3 Å². The summed E-state index contributed by atoms with van der Waals surface area (Å²) in [5.41, 5.74) is 8.48. The van der Waals surface area contributed by atoms with Crippen molar-refractivity contribution >= 4 is 17.3 Å². The Balaban J connectivity index is 1.41. The molecule has 0 bridgehead atoms. The number of hydrogen-bond acceptors (Lipinski definition) is 7. The van der Waals surface area contributed by atoms with Gasteiger partial charge in [0.1, 0.15) is 12.0 Å². The number of nitrogen functional groups attached to an aromatic ring is 1. The smallest absolute Gasteiger partial charge is 0.157 e. The zero-order valence-corrected chi connectivity index (χ0v) is 15.0. The average Bonchev–Trinajstić information content (AvgIpc) is 2.70. The molecule has 0 aliphatic carbocycles. The van der Waals surface area contributed by atoms with E-state index in [2.05, 4.69) is 55.0 Å². The number of piperazine rings is 1. The van der Waals surface area contributed by atoms with Gasteiger partial charge in [0.15, 0.2) is 11.6 Å². The highest BCUT2D eigenvalue weighted by Gasteiger charge is 2.23. The van der Waals surface area contributed by atoms with Gasteiger partial charge in [0, 0.05) is 45.8 Å². The third-order valence-electron chi connectivity index (χ3n) is 5.07. The fourth-order valence-corrected chi connectivity index (χ4v) is 3.62. The summed E-state index contributed by atoms with van der Waals surface area (Å²) >= 11 is 0. The van der Waals surface area contributed by atoms with Crippen molar-refractivity contribution in [2.75, 3.05) is 68.0 Å². The van der Waals surface area contributed by atoms with Gasteiger partial charge in [0.05, 0.1) is 13.2 Å². The van der Waals surface area contributed by atoms with Gasteiger partial charge in [-0.25, -0.2) is 9.97 Å². The Hall–Kier alpha value is -2.38. The minimum atomic E-state index is 0.686. The minimum absolute atomic E-state index is 0.686. The van der Waals surface area contributed by atoms with Gasteiger partial charge in [0.25, 0.3) is 0 Å². The quantitative estimate of drug-likeness (QED) is 0.885. The van der Waals surface area contributed by atoms with Crippen LogP contribution in [0.15, 0.2) is 36.7 Å². The molecule has 2 saturated heterocycles. The number of benzene rings is 1. The summed E-state index contributed by atoms with van der Waals surface area (Å²) in [6.45, 7) is 7.95. The number of nitrogens with two attached hydrogens (primary N) is 1. The lowest BCUT2D eigenvalue weighted by Gasteiger charge is -2.36. The van der Waals surface area contributed by atoms with Crippen molar-refractivity contribution < 1.29 is 4.74 Å². The molecule has 0 saturated carbocycles. The highest BCUT2D eigenvalue weighted by atomic mass is 16.5. The molecule has 2 fully saturated rings. The van der Waals surface area contributed by atoms with Gasteiger partial charge in [-0.3, -0.25) is 4.90 Å². The van der Waals surface area contributed by atoms with Crippen molar-refractivity contribution in [2.45, 2.75) is 6.54 Å². The van der Waals surface area contributed by atoms with Crippen LogP contribution in [0.2, 0.25) is 0 Å². The number of rotatable bonds is 4. The Morgan fingerprint density at radius 3 is 2.12 bits per heavy atom. The number of morpholine rings is 1. The Bertz CT molecular complexity index is 711. The van der Waals surface area contributed by atoms with Crippen molar-refractivity contribution in [3.63, 3.8) is 0 Å². The number of hydrogen-bond donors (Lipinski definition) is 1. The van der Waals surface area contributed by atoms with Crippen LogP contribution in [0.3, 0.4) is 0 Å². The topological polar surface area (TPSA) is 70.7 Å². The maximum Gasteiger partial charge on any atom is 0.157 e. The van der Waals surface area contributed by atoms with Gasteiger partial charge in [-0.05, 0) is 5.56 Å². The maximum atomic E-state index is 6.44. The molecule has 26 heavy (non-hydrogen) atoms. The Labute approximate surface area is 154 Å². The largest absolute Gasteiger partial charge is 0.393 e. The lowest BCUT2D eigenvalue weighted by Crippen LogP contribution is -2.46. The number of anilines is 3. The van der Waals surface area contributed by atoms with Crippen LogP contribution in [0.1, 0.15) is 5.56 Å². The molecular weight excluding hydrogens is 328 g/mol. The molecule has 2 N–H and O–H groups in total. The molecular formula is C19H26N6O. The van der Waals surface area contributed by atoms with Gasteiger partial charge >= 0.3 is 0 Å². The molecule has 7 nitrogen and oxygen atoms in total. The highest BCUT2D eigenvalue weighted by Crippen LogP contribution is 2.30. The predicted molar refractivity (Wildman–Crippen MR) is 103 cm³/mol. The summed E-state index contributed by atoms with van der Waals surface area (Å²) in [5, 5.41) is 0. The lowest BCUT2D eigenvalue weighted by molar-refractivity contribution is 0.122. The predicted octanol–water partition coefficient (Wildman–Crippen LogP) is 1.22. The molecule has 7 heteroatoms. The van der Waals surface area contributed by atoms with Crippen LogP contribution in [-0.4, -0.2) is 67.4 Å². The van der Waals surface area contributed by atoms with Crippen LogP contribution >= 0.6 is 0 Å². The molecule has 1 aromatic heterocycles. The Morgan fingerprint density at radius 2 is 1.46 bits per heavy atom. The van der Waals surface area contributed by atoms with E-state index in [1.54, 1.807) is 6.33 Å². The van der Waals surface area contributed by atoms with E-state index in [4.69, 9.17) is 10.5 Å². The fraction of sp³-hybridized carbons (Fsp3) is 0.474. The van der Waals surface area contributed by atoms with Crippen molar-refractivity contribution in [3.8, 4) is 0 Å². The van der Waals surface area contributed by atoms with Crippen molar-refractivity contribution in [1.29, 1.82) is 0 Å². The fourth-order valence-electron chi connectivity index (χ4n) is 3.62. The van der Waals surface area contributed by atoms with Gasteiger partial charge in [-0.2, -0.15) is 0 Å². The molecule has 4 rings (SSSR count). The van der Waals surface area contributed by atoms with Gasteiger partial charge < -0.3 is 20.3 Å². The zero-order chi connectivity index (χ0) is 17.8. The van der Waals surface area contributed by atoms with Crippen molar-refractivity contribution in [2.24, 2.45) is 0 Å². The number of aromatic nitrogens is 2. The van der Waals surface area contributed by atoms with E-state index in [9.17, 15) is 0 Å². The Morgan fingerprint density at radius 1 is 0.846 bits per heavy atom. The average molecular weight is 354 g/mol. The van der Waals surface area contributed by atoms with Crippen LogP contribution in [0.5, 0.6) is 0 Å². The SMILES string of the molecule is Nc1c(N2CCOCC2)ncnc1N1CCN(Cc2ccccc2)CC1. The van der Waals surface area contributed by atoms with Crippen LogP contribution in [-0.2, 0) is 11.3 Å². The summed E-state index contributed by atoms with van der Waals surface area (Å²) in [5.74, 6) is 1.70. The summed E-state index contributed by atoms with van der Waals surface area (Å²) in [6.07, 6.45) is 1.63. The second-order valence-electron chi connectivity index (χ2n) is 6.78. The summed E-state index contributed by atoms with van der Waals surface area (Å²) < 4.78 is 5.43. The molecule has 0 atom stereocenters. The highest BCUT2D eigenvalue weighted by molar-refractivity contribution is 5.75. The van der Waals surface area contributed by atoms with E-state index in [1.165, 1.54) is 5.56 Å². The Kier molecular flexibility index (Phi) is 5.17. The summed E-state index contributed by atoms with van der Waals surface area (Å²) in [6, 6.07) is 10.6. The van der Waals surface area contributed by atoms with E-state index in [0.717, 1.165) is 70.7 Å². The van der Waals surface area contributed by atoms with E-state index in [0.29, 0.717) is 5.69 Å². The second-order valence-corrected chi connectivity index (χ2v) is 6.78. The first-order valence-corrected chi connectivity index (χ1v) is 9.25. The molecule has 3 heterocycles. The first kappa shape index (κ1) is 17.1. The van der Waals surface area contributed by atoms with E-state index in [-0.39, 0.29) is 0 Å². The maximum absolute atomic E-state index is 6.44. The van der Waals surface area contributed by atoms with Crippen molar-refractivity contribution in [3.05, 3.63) is 42.2 Å². The van der Waals surface area contributed by atoms with E-state index in [1.807, 2.05) is 0 Å². The molecule has 0 spiro atoms. The van der Waals surface area contributed by atoms with Crippen molar-refractivity contribution in [1.82, 2.24) is 14.9 Å². The molecule has 1 aromatic carbocycles. The van der Waals surface area contributed by atoms with Gasteiger partial charge in [-0.15, -0.1) is 0 Å². The normalized spacial score (nSPS) is 18.9. The van der Waals surface area contributed by atoms with Crippen LogP contribution < -0.4 is 15.5 Å². The molecule has 2 aliphatic rings. The molecule has 2 aliphatic heterocycles. The number of nitrogens with zero attached hydrogens (tertiary/aromatic N) is 5. The lowest BCUT2D eigenvalue weighted by atomic mass is 10.2. The monoisotopic (exact) mass is 354 g/mol. The van der Waals surface area contributed by atoms with Crippen LogP contribution in [0.25, 0.3) is 0 Å². The molecule has 0 unspecified atom stereocenters. The second kappa shape index (κ2) is 7.88. The van der Waals surface area contributed by atoms with Crippen LogP contribution in [0.4, 0.5) is 17.3 Å². The summed E-state index contributed by atoms with van der Waals surface area (Å²) in [7, 11) is 0. The first-order chi connectivity index (χ1) is 12.8.